The van der Waals surface area contributed by atoms with Gasteiger partial charge in [0, 0.05) is 23.3 Å². The van der Waals surface area contributed by atoms with E-state index in [9.17, 15) is 0 Å². The molecule has 3 aromatic carbocycles. The van der Waals surface area contributed by atoms with Crippen molar-refractivity contribution in [1.82, 2.24) is 9.55 Å². The summed E-state index contributed by atoms with van der Waals surface area (Å²) in [5.41, 5.74) is 4.01. The number of ether oxygens (including phenoxy) is 1. The van der Waals surface area contributed by atoms with Gasteiger partial charge in [0.25, 0.3) is 0 Å². The van der Waals surface area contributed by atoms with Crippen molar-refractivity contribution in [2.75, 3.05) is 0 Å². The number of hydrogen-bond acceptors (Lipinski definition) is 2. The largest absolute Gasteiger partial charge is 0.486 e. The van der Waals surface area contributed by atoms with E-state index in [0.717, 1.165) is 34.9 Å². The average Bonchev–Trinajstić information content (AvgIpc) is 3.16. The first-order chi connectivity index (χ1) is 14.1. The molecule has 4 rings (SSSR count). The average molecular weight is 423 g/mol. The van der Waals surface area contributed by atoms with Crippen LogP contribution in [0.15, 0.2) is 79.0 Å². The van der Waals surface area contributed by atoms with Gasteiger partial charge in [-0.3, -0.25) is 0 Å². The zero-order valence-electron chi connectivity index (χ0n) is 16.0. The Balaban J connectivity index is 1.50. The van der Waals surface area contributed by atoms with Gasteiger partial charge in [-0.2, -0.15) is 0 Å². The van der Waals surface area contributed by atoms with Crippen LogP contribution < -0.4 is 4.74 Å². The van der Waals surface area contributed by atoms with Crippen molar-refractivity contribution in [2.24, 2.45) is 0 Å². The monoisotopic (exact) mass is 422 g/mol. The van der Waals surface area contributed by atoms with Gasteiger partial charge in [-0.1, -0.05) is 65.7 Å². The number of aryl methyl sites for hydroxylation is 1. The molecule has 0 fully saturated rings. The van der Waals surface area contributed by atoms with E-state index in [4.69, 9.17) is 32.9 Å². The van der Waals surface area contributed by atoms with E-state index in [1.165, 1.54) is 5.56 Å². The van der Waals surface area contributed by atoms with Crippen LogP contribution in [0.2, 0.25) is 10.0 Å². The van der Waals surface area contributed by atoms with Gasteiger partial charge in [-0.05, 0) is 48.4 Å². The topological polar surface area (TPSA) is 27.1 Å². The van der Waals surface area contributed by atoms with Crippen LogP contribution in [0.4, 0.5) is 0 Å². The molecule has 0 amide bonds. The number of hydrogen-bond donors (Lipinski definition) is 0. The van der Waals surface area contributed by atoms with Crippen LogP contribution in [0.5, 0.6) is 5.75 Å². The maximum Gasteiger partial charge on any atom is 0.147 e. The second-order valence-electron chi connectivity index (χ2n) is 6.63. The van der Waals surface area contributed by atoms with Crippen LogP contribution in [-0.2, 0) is 13.2 Å². The Kier molecular flexibility index (Phi) is 5.89. The summed E-state index contributed by atoms with van der Waals surface area (Å²) in [6.07, 6.45) is 1.99. The molecule has 1 heterocycles. The molecule has 0 atom stereocenters. The Hall–Kier alpha value is -2.75. The fourth-order valence-electron chi connectivity index (χ4n) is 3.19. The van der Waals surface area contributed by atoms with Gasteiger partial charge in [0.15, 0.2) is 0 Å². The van der Waals surface area contributed by atoms with Crippen LogP contribution in [0.1, 0.15) is 12.7 Å². The molecule has 0 N–H and O–H groups in total. The van der Waals surface area contributed by atoms with E-state index >= 15 is 0 Å². The summed E-state index contributed by atoms with van der Waals surface area (Å²) >= 11 is 12.3. The van der Waals surface area contributed by atoms with Gasteiger partial charge < -0.3 is 9.30 Å². The van der Waals surface area contributed by atoms with Gasteiger partial charge in [0.2, 0.25) is 0 Å². The Morgan fingerprint density at radius 3 is 2.31 bits per heavy atom. The van der Waals surface area contributed by atoms with Crippen molar-refractivity contribution in [3.05, 3.63) is 94.9 Å². The normalized spacial score (nSPS) is 10.9. The van der Waals surface area contributed by atoms with Gasteiger partial charge >= 0.3 is 0 Å². The lowest BCUT2D eigenvalue weighted by molar-refractivity contribution is 0.290. The number of halogens is 2. The molecule has 0 spiro atoms. The van der Waals surface area contributed by atoms with Crippen molar-refractivity contribution in [2.45, 2.75) is 20.1 Å². The van der Waals surface area contributed by atoms with E-state index in [1.807, 2.05) is 48.7 Å². The fourth-order valence-corrected chi connectivity index (χ4v) is 3.70. The van der Waals surface area contributed by atoms with Crippen molar-refractivity contribution in [3.63, 3.8) is 0 Å². The molecule has 146 valence electrons. The van der Waals surface area contributed by atoms with Gasteiger partial charge in [-0.25, -0.2) is 4.98 Å². The molecule has 0 aliphatic rings. The predicted molar refractivity (Wildman–Crippen MR) is 120 cm³/mol. The van der Waals surface area contributed by atoms with Crippen LogP contribution in [0.3, 0.4) is 0 Å². The molecule has 0 aliphatic heterocycles. The first-order valence-electron chi connectivity index (χ1n) is 9.44. The minimum absolute atomic E-state index is 0.379. The Morgan fingerprint density at radius 1 is 0.897 bits per heavy atom. The lowest BCUT2D eigenvalue weighted by Gasteiger charge is -2.08. The Bertz CT molecular complexity index is 1110. The lowest BCUT2D eigenvalue weighted by atomic mass is 10.1. The highest BCUT2D eigenvalue weighted by atomic mass is 35.5. The van der Waals surface area contributed by atoms with Crippen LogP contribution in [0.25, 0.3) is 22.4 Å². The van der Waals surface area contributed by atoms with Gasteiger partial charge in [0.1, 0.15) is 18.2 Å². The molecule has 5 heteroatoms. The third-order valence-electron chi connectivity index (χ3n) is 4.74. The summed E-state index contributed by atoms with van der Waals surface area (Å²) in [4.78, 5) is 4.73. The van der Waals surface area contributed by atoms with E-state index in [2.05, 4.69) is 35.8 Å². The quantitative estimate of drug-likeness (QED) is 0.330. The Morgan fingerprint density at radius 2 is 1.62 bits per heavy atom. The van der Waals surface area contributed by atoms with Crippen molar-refractivity contribution in [1.29, 1.82) is 0 Å². The number of benzene rings is 3. The number of aromatic nitrogens is 2. The highest BCUT2D eigenvalue weighted by Gasteiger charge is 2.12. The molecular formula is C24H20Cl2N2O. The van der Waals surface area contributed by atoms with E-state index in [-0.39, 0.29) is 0 Å². The molecule has 0 radical (unpaired) electrons. The van der Waals surface area contributed by atoms with Gasteiger partial charge in [0.05, 0.1) is 10.7 Å². The smallest absolute Gasteiger partial charge is 0.147 e. The summed E-state index contributed by atoms with van der Waals surface area (Å²) in [6, 6.07) is 23.8. The van der Waals surface area contributed by atoms with Crippen molar-refractivity contribution >= 4 is 23.2 Å². The van der Waals surface area contributed by atoms with Crippen molar-refractivity contribution < 1.29 is 4.74 Å². The molecule has 0 unspecified atom stereocenters. The molecule has 0 saturated heterocycles. The predicted octanol–water partition coefficient (Wildman–Crippen LogP) is 7.12. The molecule has 29 heavy (non-hydrogen) atoms. The molecule has 3 nitrogen and oxygen atoms in total. The number of imidazole rings is 1. The third kappa shape index (κ3) is 4.47. The first kappa shape index (κ1) is 19.6. The van der Waals surface area contributed by atoms with Crippen LogP contribution in [0, 0.1) is 0 Å². The lowest BCUT2D eigenvalue weighted by Crippen LogP contribution is -2.05. The molecule has 0 bridgehead atoms. The summed E-state index contributed by atoms with van der Waals surface area (Å²) in [6.45, 7) is 3.25. The minimum Gasteiger partial charge on any atom is -0.486 e. The number of nitrogens with zero attached hydrogens (tertiary/aromatic N) is 2. The first-order valence-corrected chi connectivity index (χ1v) is 10.2. The zero-order valence-corrected chi connectivity index (χ0v) is 17.5. The summed E-state index contributed by atoms with van der Waals surface area (Å²) in [7, 11) is 0. The van der Waals surface area contributed by atoms with Gasteiger partial charge in [-0.15, -0.1) is 0 Å². The maximum absolute atomic E-state index is 6.34. The van der Waals surface area contributed by atoms with Crippen LogP contribution in [-0.4, -0.2) is 9.55 Å². The van der Waals surface area contributed by atoms with E-state index in [0.29, 0.717) is 16.7 Å². The summed E-state index contributed by atoms with van der Waals surface area (Å²) < 4.78 is 8.05. The molecule has 4 aromatic rings. The highest BCUT2D eigenvalue weighted by Crippen LogP contribution is 2.30. The Labute approximate surface area is 180 Å². The molecule has 0 aliphatic carbocycles. The maximum atomic E-state index is 6.34. The summed E-state index contributed by atoms with van der Waals surface area (Å²) in [5, 5.41) is 1.19. The minimum atomic E-state index is 0.379. The SMILES string of the molecule is CCn1cc(-c2ccc(Cl)cc2Cl)nc1COc1ccc(-c2ccccc2)cc1. The summed E-state index contributed by atoms with van der Waals surface area (Å²) in [5.74, 6) is 1.65. The van der Waals surface area contributed by atoms with Crippen LogP contribution >= 0.6 is 23.2 Å². The van der Waals surface area contributed by atoms with Crippen molar-refractivity contribution in [3.8, 4) is 28.1 Å². The molecule has 0 saturated carbocycles. The third-order valence-corrected chi connectivity index (χ3v) is 5.28. The number of rotatable bonds is 6. The standard InChI is InChI=1S/C24H20Cl2N2O/c1-2-28-15-23(21-13-10-19(25)14-22(21)26)27-24(28)16-29-20-11-8-18(9-12-20)17-6-4-3-5-7-17/h3-15H,2,16H2,1H3. The van der Waals surface area contributed by atoms with E-state index < -0.39 is 0 Å². The molecular weight excluding hydrogens is 403 g/mol. The second kappa shape index (κ2) is 8.73. The second-order valence-corrected chi connectivity index (χ2v) is 7.48. The van der Waals surface area contributed by atoms with E-state index in [1.54, 1.807) is 6.07 Å². The molecule has 1 aromatic heterocycles. The highest BCUT2D eigenvalue weighted by molar-refractivity contribution is 6.36. The zero-order chi connectivity index (χ0) is 20.2. The fraction of sp³-hybridized carbons (Fsp3) is 0.125.